The molecule has 0 atom stereocenters. The minimum Gasteiger partial charge on any atom is -0.495 e. The minimum atomic E-state index is -0.239. The predicted molar refractivity (Wildman–Crippen MR) is 110 cm³/mol. The van der Waals surface area contributed by atoms with Gasteiger partial charge >= 0.3 is 0 Å². The Morgan fingerprint density at radius 3 is 2.58 bits per heavy atom. The quantitative estimate of drug-likeness (QED) is 0.722. The van der Waals surface area contributed by atoms with E-state index in [9.17, 15) is 4.79 Å². The van der Waals surface area contributed by atoms with Crippen LogP contribution in [0.3, 0.4) is 0 Å². The van der Waals surface area contributed by atoms with Crippen molar-refractivity contribution >= 4 is 40.8 Å². The second-order valence-electron chi connectivity index (χ2n) is 5.79. The molecular formula is C19H22N2O3S2. The van der Waals surface area contributed by atoms with E-state index in [-0.39, 0.29) is 12.5 Å². The third-order valence-corrected chi connectivity index (χ3v) is 6.88. The fourth-order valence-electron chi connectivity index (χ4n) is 2.56. The highest BCUT2D eigenvalue weighted by Crippen LogP contribution is 2.43. The number of ether oxygens (including phenoxy) is 2. The number of thioether (sulfide) groups is 2. The second kappa shape index (κ2) is 9.09. The number of rotatable bonds is 6. The van der Waals surface area contributed by atoms with E-state index in [2.05, 4.69) is 17.4 Å². The maximum absolute atomic E-state index is 12.1. The lowest BCUT2D eigenvalue weighted by Gasteiger charge is -2.21. The summed E-state index contributed by atoms with van der Waals surface area (Å²) in [5.41, 5.74) is 8.22. The molecule has 3 rings (SSSR count). The molecule has 138 valence electrons. The summed E-state index contributed by atoms with van der Waals surface area (Å²) >= 11 is 3.97. The molecule has 0 aromatic heterocycles. The number of amides is 1. The van der Waals surface area contributed by atoms with Crippen LogP contribution in [0.2, 0.25) is 0 Å². The lowest BCUT2D eigenvalue weighted by molar-refractivity contribution is -0.118. The van der Waals surface area contributed by atoms with Gasteiger partial charge in [-0.3, -0.25) is 4.79 Å². The minimum absolute atomic E-state index is 0.0573. The van der Waals surface area contributed by atoms with Crippen LogP contribution in [-0.2, 0) is 4.79 Å². The molecule has 5 nitrogen and oxygen atoms in total. The Balaban J connectivity index is 1.50. The van der Waals surface area contributed by atoms with Gasteiger partial charge in [0.2, 0.25) is 0 Å². The summed E-state index contributed by atoms with van der Waals surface area (Å²) in [4.78, 5) is 12.1. The maximum atomic E-state index is 12.1. The molecule has 0 saturated carbocycles. The Hall–Kier alpha value is -1.99. The Kier molecular flexibility index (Phi) is 6.57. The molecule has 7 heteroatoms. The van der Waals surface area contributed by atoms with Gasteiger partial charge in [0.05, 0.1) is 17.4 Å². The lowest BCUT2D eigenvalue weighted by Crippen LogP contribution is -2.20. The van der Waals surface area contributed by atoms with Crippen molar-refractivity contribution in [1.29, 1.82) is 0 Å². The van der Waals surface area contributed by atoms with Gasteiger partial charge in [0.25, 0.3) is 5.91 Å². The van der Waals surface area contributed by atoms with Gasteiger partial charge in [0, 0.05) is 5.69 Å². The number of nitrogen functional groups attached to an aromatic ring is 1. The number of nitrogens with two attached hydrogens (primary N) is 1. The number of benzene rings is 2. The van der Waals surface area contributed by atoms with Gasteiger partial charge in [-0.2, -0.15) is 0 Å². The van der Waals surface area contributed by atoms with Crippen LogP contribution in [0.4, 0.5) is 11.4 Å². The Labute approximate surface area is 162 Å². The zero-order valence-electron chi connectivity index (χ0n) is 14.6. The summed E-state index contributed by atoms with van der Waals surface area (Å²) < 4.78 is 11.2. The van der Waals surface area contributed by atoms with E-state index in [1.807, 2.05) is 35.7 Å². The zero-order chi connectivity index (χ0) is 18.4. The molecule has 0 spiro atoms. The summed E-state index contributed by atoms with van der Waals surface area (Å²) in [5, 5.41) is 2.76. The maximum Gasteiger partial charge on any atom is 0.262 e. The average Bonchev–Trinajstić information content (AvgIpc) is 2.68. The third-order valence-electron chi connectivity index (χ3n) is 3.86. The predicted octanol–water partition coefficient (Wildman–Crippen LogP) is 4.16. The zero-order valence-corrected chi connectivity index (χ0v) is 16.2. The molecule has 0 unspecified atom stereocenters. The fraction of sp³-hybridized carbons (Fsp3) is 0.316. The number of anilines is 2. The third kappa shape index (κ3) is 5.02. The molecule has 1 aliphatic heterocycles. The Bertz CT molecular complexity index is 747. The van der Waals surface area contributed by atoms with Crippen LogP contribution in [0.25, 0.3) is 0 Å². The molecule has 1 heterocycles. The van der Waals surface area contributed by atoms with E-state index in [0.29, 0.717) is 27.5 Å². The molecular weight excluding hydrogens is 368 g/mol. The van der Waals surface area contributed by atoms with Gasteiger partial charge in [0.15, 0.2) is 6.61 Å². The summed E-state index contributed by atoms with van der Waals surface area (Å²) in [7, 11) is 1.55. The highest BCUT2D eigenvalue weighted by Gasteiger charge is 2.16. The largest absolute Gasteiger partial charge is 0.495 e. The normalized spacial score (nSPS) is 14.7. The van der Waals surface area contributed by atoms with E-state index in [0.717, 1.165) is 0 Å². The number of methoxy groups -OCH3 is 1. The number of carbonyl (C=O) groups is 1. The highest BCUT2D eigenvalue weighted by atomic mass is 32.2. The molecule has 0 bridgehead atoms. The van der Waals surface area contributed by atoms with Crippen LogP contribution < -0.4 is 20.5 Å². The number of carbonyl (C=O) groups excluding carboxylic acids is 1. The average molecular weight is 391 g/mol. The topological polar surface area (TPSA) is 73.6 Å². The highest BCUT2D eigenvalue weighted by molar-refractivity contribution is 8.16. The van der Waals surface area contributed by atoms with Gasteiger partial charge < -0.3 is 20.5 Å². The van der Waals surface area contributed by atoms with Crippen LogP contribution >= 0.6 is 23.5 Å². The molecule has 3 N–H and O–H groups in total. The van der Waals surface area contributed by atoms with E-state index in [4.69, 9.17) is 15.2 Å². The van der Waals surface area contributed by atoms with Gasteiger partial charge in [-0.1, -0.05) is 12.1 Å². The molecule has 1 aliphatic rings. The Morgan fingerprint density at radius 1 is 1.19 bits per heavy atom. The number of nitrogens with one attached hydrogen (secondary N) is 1. The molecule has 1 fully saturated rings. The molecule has 1 amide bonds. The summed E-state index contributed by atoms with van der Waals surface area (Å²) in [6.45, 7) is -0.0573. The molecule has 0 aliphatic carbocycles. The van der Waals surface area contributed by atoms with Gasteiger partial charge in [-0.25, -0.2) is 0 Å². The van der Waals surface area contributed by atoms with E-state index < -0.39 is 0 Å². The van der Waals surface area contributed by atoms with Gasteiger partial charge in [0.1, 0.15) is 11.5 Å². The molecule has 2 aromatic rings. The van der Waals surface area contributed by atoms with Crippen molar-refractivity contribution in [2.45, 2.75) is 11.0 Å². The van der Waals surface area contributed by atoms with Gasteiger partial charge in [-0.05, 0) is 53.8 Å². The van der Waals surface area contributed by atoms with Gasteiger partial charge in [-0.15, -0.1) is 23.5 Å². The molecule has 1 saturated heterocycles. The standard InChI is InChI=1S/C19H22N2O3S2/c1-23-17-8-5-14(11-16(17)20)21-18(22)12-24-15-6-3-13(4-7-15)19-25-9-2-10-26-19/h3-8,11,19H,2,9-10,12,20H2,1H3,(H,21,22). The second-order valence-corrected chi connectivity index (χ2v) is 8.51. The number of hydrogen-bond acceptors (Lipinski definition) is 6. The van der Waals surface area contributed by atoms with Crippen molar-refractivity contribution in [2.75, 3.05) is 36.3 Å². The van der Waals surface area contributed by atoms with Crippen molar-refractivity contribution in [1.82, 2.24) is 0 Å². The summed E-state index contributed by atoms with van der Waals surface area (Å²) in [6.07, 6.45) is 1.28. The molecule has 26 heavy (non-hydrogen) atoms. The van der Waals surface area contributed by atoms with E-state index >= 15 is 0 Å². The van der Waals surface area contributed by atoms with Crippen LogP contribution in [0.1, 0.15) is 16.6 Å². The first-order chi connectivity index (χ1) is 12.7. The van der Waals surface area contributed by atoms with Crippen LogP contribution in [0.5, 0.6) is 11.5 Å². The van der Waals surface area contributed by atoms with Crippen molar-refractivity contribution in [2.24, 2.45) is 0 Å². The first-order valence-corrected chi connectivity index (χ1v) is 10.4. The SMILES string of the molecule is COc1ccc(NC(=O)COc2ccc(C3SCCCS3)cc2)cc1N. The van der Waals surface area contributed by atoms with Crippen LogP contribution in [0, 0.1) is 0 Å². The smallest absolute Gasteiger partial charge is 0.262 e. The van der Waals surface area contributed by atoms with E-state index in [1.165, 1.54) is 23.5 Å². The number of hydrogen-bond donors (Lipinski definition) is 2. The Morgan fingerprint density at radius 2 is 1.92 bits per heavy atom. The first kappa shape index (κ1) is 18.8. The van der Waals surface area contributed by atoms with Crippen LogP contribution in [-0.4, -0.2) is 31.1 Å². The first-order valence-electron chi connectivity index (χ1n) is 8.35. The van der Waals surface area contributed by atoms with Crippen molar-refractivity contribution in [3.63, 3.8) is 0 Å². The lowest BCUT2D eigenvalue weighted by atomic mass is 10.2. The van der Waals surface area contributed by atoms with Crippen LogP contribution in [0.15, 0.2) is 42.5 Å². The summed E-state index contributed by atoms with van der Waals surface area (Å²) in [5.74, 6) is 3.45. The van der Waals surface area contributed by atoms with Crippen molar-refractivity contribution < 1.29 is 14.3 Å². The molecule has 2 aromatic carbocycles. The fourth-order valence-corrected chi connectivity index (χ4v) is 5.45. The molecule has 0 radical (unpaired) electrons. The summed E-state index contributed by atoms with van der Waals surface area (Å²) in [6, 6.07) is 13.1. The van der Waals surface area contributed by atoms with Crippen molar-refractivity contribution in [3.8, 4) is 11.5 Å². The van der Waals surface area contributed by atoms with E-state index in [1.54, 1.807) is 25.3 Å². The monoisotopic (exact) mass is 390 g/mol. The van der Waals surface area contributed by atoms with Crippen molar-refractivity contribution in [3.05, 3.63) is 48.0 Å².